The van der Waals surface area contributed by atoms with E-state index in [4.69, 9.17) is 0 Å². The van der Waals surface area contributed by atoms with Crippen molar-refractivity contribution in [1.82, 2.24) is 9.97 Å². The maximum atomic E-state index is 4.37. The molecule has 2 heteroatoms. The summed E-state index contributed by atoms with van der Waals surface area (Å²) in [5.74, 6) is 0. The lowest BCUT2D eigenvalue weighted by Crippen LogP contribution is -1.85. The summed E-state index contributed by atoms with van der Waals surface area (Å²) in [6.45, 7) is 8.48. The molecule has 2 nitrogen and oxygen atoms in total. The maximum absolute atomic E-state index is 4.37. The van der Waals surface area contributed by atoms with Gasteiger partial charge in [-0.15, -0.1) is 0 Å². The van der Waals surface area contributed by atoms with Crippen LogP contribution in [0.2, 0.25) is 0 Å². The molecule has 0 bridgehead atoms. The van der Waals surface area contributed by atoms with Crippen molar-refractivity contribution in [3.8, 4) is 0 Å². The Morgan fingerprint density at radius 3 is 2.46 bits per heavy atom. The molecule has 2 rings (SSSR count). The summed E-state index contributed by atoms with van der Waals surface area (Å²) >= 11 is 0. The number of hydrogen-bond donors (Lipinski definition) is 1. The molecular weight excluding hydrogens is 160 g/mol. The summed E-state index contributed by atoms with van der Waals surface area (Å²) in [6, 6.07) is 0. The minimum absolute atomic E-state index is 1.01. The highest BCUT2D eigenvalue weighted by Crippen LogP contribution is 2.24. The first-order valence-corrected chi connectivity index (χ1v) is 4.52. The van der Waals surface area contributed by atoms with Gasteiger partial charge in [0.05, 0.1) is 0 Å². The van der Waals surface area contributed by atoms with Crippen LogP contribution in [0.25, 0.3) is 11.0 Å². The minimum atomic E-state index is 1.01. The second kappa shape index (κ2) is 2.59. The molecule has 0 aliphatic rings. The molecule has 0 saturated carbocycles. The summed E-state index contributed by atoms with van der Waals surface area (Å²) in [7, 11) is 0. The molecule has 0 fully saturated rings. The summed E-state index contributed by atoms with van der Waals surface area (Å²) in [5.41, 5.74) is 6.15. The molecule has 2 aromatic rings. The Balaban J connectivity index is 2.97. The van der Waals surface area contributed by atoms with E-state index >= 15 is 0 Å². The van der Waals surface area contributed by atoms with E-state index < -0.39 is 0 Å². The van der Waals surface area contributed by atoms with E-state index in [0.29, 0.717) is 0 Å². The third-order valence-electron chi connectivity index (χ3n) is 2.83. The van der Waals surface area contributed by atoms with Gasteiger partial charge >= 0.3 is 0 Å². The van der Waals surface area contributed by atoms with Crippen molar-refractivity contribution in [1.29, 1.82) is 0 Å². The van der Waals surface area contributed by atoms with E-state index in [-0.39, 0.29) is 0 Å². The Hall–Kier alpha value is -1.31. The second-order valence-corrected chi connectivity index (χ2v) is 3.66. The fourth-order valence-electron chi connectivity index (χ4n) is 1.71. The predicted molar refractivity (Wildman–Crippen MR) is 55.0 cm³/mol. The van der Waals surface area contributed by atoms with E-state index in [9.17, 15) is 0 Å². The summed E-state index contributed by atoms with van der Waals surface area (Å²) < 4.78 is 0. The zero-order chi connectivity index (χ0) is 9.59. The highest BCUT2D eigenvalue weighted by atomic mass is 14.9. The molecule has 0 saturated heterocycles. The molecule has 0 aliphatic heterocycles. The highest BCUT2D eigenvalue weighted by Gasteiger charge is 2.08. The summed E-state index contributed by atoms with van der Waals surface area (Å²) in [4.78, 5) is 7.65. The van der Waals surface area contributed by atoms with Crippen molar-refractivity contribution in [2.75, 3.05) is 0 Å². The van der Waals surface area contributed by atoms with Crippen molar-refractivity contribution < 1.29 is 0 Å². The van der Waals surface area contributed by atoms with Crippen LogP contribution < -0.4 is 0 Å². The third kappa shape index (κ3) is 1.05. The van der Waals surface area contributed by atoms with Crippen LogP contribution in [0.4, 0.5) is 0 Å². The molecule has 0 radical (unpaired) electrons. The van der Waals surface area contributed by atoms with E-state index in [0.717, 1.165) is 5.65 Å². The van der Waals surface area contributed by atoms with Gasteiger partial charge in [0.15, 0.2) is 0 Å². The summed E-state index contributed by atoms with van der Waals surface area (Å²) in [5, 5.41) is 1.29. The Morgan fingerprint density at radius 1 is 1.08 bits per heavy atom. The lowest BCUT2D eigenvalue weighted by Gasteiger charge is -2.00. The minimum Gasteiger partial charge on any atom is -0.343 e. The third-order valence-corrected chi connectivity index (χ3v) is 2.83. The van der Waals surface area contributed by atoms with Gasteiger partial charge in [0.1, 0.15) is 5.65 Å². The zero-order valence-corrected chi connectivity index (χ0v) is 8.52. The highest BCUT2D eigenvalue weighted by molar-refractivity contribution is 5.85. The second-order valence-electron chi connectivity index (χ2n) is 3.66. The fraction of sp³-hybridized carbons (Fsp3) is 0.364. The number of nitrogens with zero attached hydrogens (tertiary/aromatic N) is 1. The topological polar surface area (TPSA) is 28.7 Å². The van der Waals surface area contributed by atoms with Crippen LogP contribution in [-0.2, 0) is 0 Å². The van der Waals surface area contributed by atoms with Crippen LogP contribution in [0, 0.1) is 27.7 Å². The van der Waals surface area contributed by atoms with E-state index in [2.05, 4.69) is 37.7 Å². The zero-order valence-electron chi connectivity index (χ0n) is 8.52. The molecule has 13 heavy (non-hydrogen) atoms. The van der Waals surface area contributed by atoms with Gasteiger partial charge in [-0.1, -0.05) is 0 Å². The molecule has 2 aromatic heterocycles. The van der Waals surface area contributed by atoms with Crippen LogP contribution in [-0.4, -0.2) is 9.97 Å². The predicted octanol–water partition coefficient (Wildman–Crippen LogP) is 2.80. The van der Waals surface area contributed by atoms with Gasteiger partial charge in [-0.25, -0.2) is 4.98 Å². The van der Waals surface area contributed by atoms with Crippen LogP contribution in [0.5, 0.6) is 0 Å². The number of fused-ring (bicyclic) bond motifs is 1. The number of aryl methyl sites for hydroxylation is 4. The molecule has 0 unspecified atom stereocenters. The number of aromatic amines is 1. The fourth-order valence-corrected chi connectivity index (χ4v) is 1.71. The number of H-pyrrole nitrogens is 1. The maximum Gasteiger partial charge on any atom is 0.137 e. The largest absolute Gasteiger partial charge is 0.343 e. The lowest BCUT2D eigenvalue weighted by molar-refractivity contribution is 1.21. The van der Waals surface area contributed by atoms with Gasteiger partial charge in [0.25, 0.3) is 0 Å². The molecule has 68 valence electrons. The van der Waals surface area contributed by atoms with Crippen molar-refractivity contribution in [2.24, 2.45) is 0 Å². The normalized spacial score (nSPS) is 11.1. The number of hydrogen-bond acceptors (Lipinski definition) is 1. The summed E-state index contributed by atoms with van der Waals surface area (Å²) in [6.07, 6.45) is 1.92. The smallest absolute Gasteiger partial charge is 0.137 e. The Kier molecular flexibility index (Phi) is 1.65. The molecule has 0 spiro atoms. The van der Waals surface area contributed by atoms with E-state index in [1.165, 1.54) is 27.8 Å². The van der Waals surface area contributed by atoms with Crippen LogP contribution in [0.3, 0.4) is 0 Å². The van der Waals surface area contributed by atoms with Gasteiger partial charge in [-0.05, 0) is 44.4 Å². The number of pyridine rings is 1. The lowest BCUT2D eigenvalue weighted by atomic mass is 10.1. The number of rotatable bonds is 0. The quantitative estimate of drug-likeness (QED) is 0.653. The Bertz CT molecular complexity index is 466. The number of aromatic nitrogens is 2. The monoisotopic (exact) mass is 174 g/mol. The first kappa shape index (κ1) is 8.30. The molecule has 0 aromatic carbocycles. The molecule has 0 aliphatic carbocycles. The number of nitrogens with one attached hydrogen (secondary N) is 1. The van der Waals surface area contributed by atoms with Crippen molar-refractivity contribution in [2.45, 2.75) is 27.7 Å². The van der Waals surface area contributed by atoms with Crippen molar-refractivity contribution in [3.05, 3.63) is 28.6 Å². The SMILES string of the molecule is Cc1cnc2[nH]c(C)c(C)c2c1C. The van der Waals surface area contributed by atoms with E-state index in [1.807, 2.05) is 6.20 Å². The molecule has 2 heterocycles. The van der Waals surface area contributed by atoms with Crippen molar-refractivity contribution >= 4 is 11.0 Å². The van der Waals surface area contributed by atoms with Gasteiger partial charge < -0.3 is 4.98 Å². The van der Waals surface area contributed by atoms with Gasteiger partial charge in [0.2, 0.25) is 0 Å². The van der Waals surface area contributed by atoms with Crippen LogP contribution >= 0.6 is 0 Å². The first-order valence-electron chi connectivity index (χ1n) is 4.52. The van der Waals surface area contributed by atoms with Crippen LogP contribution in [0.1, 0.15) is 22.4 Å². The Labute approximate surface area is 78.0 Å². The van der Waals surface area contributed by atoms with Crippen molar-refractivity contribution in [3.63, 3.8) is 0 Å². The van der Waals surface area contributed by atoms with Gasteiger partial charge in [0, 0.05) is 17.3 Å². The van der Waals surface area contributed by atoms with Gasteiger partial charge in [-0.2, -0.15) is 0 Å². The van der Waals surface area contributed by atoms with Crippen LogP contribution in [0.15, 0.2) is 6.20 Å². The molecule has 0 atom stereocenters. The Morgan fingerprint density at radius 2 is 1.77 bits per heavy atom. The average Bonchev–Trinajstić information content (AvgIpc) is 2.37. The van der Waals surface area contributed by atoms with E-state index in [1.54, 1.807) is 0 Å². The first-order chi connectivity index (χ1) is 6.11. The van der Waals surface area contributed by atoms with Gasteiger partial charge in [-0.3, -0.25) is 0 Å². The molecular formula is C11H14N2. The molecule has 0 amide bonds. The standard InChI is InChI=1S/C11H14N2/c1-6-5-12-11-10(7(6)2)8(3)9(4)13-11/h5H,1-4H3,(H,12,13). The molecule has 1 N–H and O–H groups in total. The average molecular weight is 174 g/mol.